The molecule has 80 valence electrons. The highest BCUT2D eigenvalue weighted by Gasteiger charge is 2.33. The number of hydrogen-bond donors (Lipinski definition) is 1. The summed E-state index contributed by atoms with van der Waals surface area (Å²) in [6.45, 7) is 3.86. The van der Waals surface area contributed by atoms with Crippen LogP contribution in [0.5, 0.6) is 5.75 Å². The second-order valence-corrected chi connectivity index (χ2v) is 4.32. The maximum Gasteiger partial charge on any atom is 0.272 e. The van der Waals surface area contributed by atoms with E-state index in [0.717, 1.165) is 5.56 Å². The molecule has 0 saturated heterocycles. The first-order valence-electron chi connectivity index (χ1n) is 4.65. The monoisotopic (exact) mass is 208 g/mol. The van der Waals surface area contributed by atoms with Gasteiger partial charge in [-0.3, -0.25) is 10.1 Å². The number of nitrogens with zero attached hydrogens (tertiary/aromatic N) is 1. The summed E-state index contributed by atoms with van der Waals surface area (Å²) in [6, 6.07) is 2.86. The minimum Gasteiger partial charge on any atom is -0.485 e. The summed E-state index contributed by atoms with van der Waals surface area (Å²) in [4.78, 5) is 10.2. The van der Waals surface area contributed by atoms with E-state index in [0.29, 0.717) is 17.9 Å². The minimum atomic E-state index is -0.442. The van der Waals surface area contributed by atoms with Crippen LogP contribution in [0, 0.1) is 10.1 Å². The second kappa shape index (κ2) is 2.85. The zero-order valence-corrected chi connectivity index (χ0v) is 8.61. The Hall–Kier alpha value is -1.78. The van der Waals surface area contributed by atoms with E-state index in [4.69, 9.17) is 10.5 Å². The van der Waals surface area contributed by atoms with Gasteiger partial charge in [-0.2, -0.15) is 0 Å². The third kappa shape index (κ3) is 1.60. The highest BCUT2D eigenvalue weighted by molar-refractivity contribution is 5.64. The number of nitro benzene ring substituents is 1. The molecule has 0 spiro atoms. The molecule has 2 N–H and O–H groups in total. The molecule has 1 aliphatic rings. The molecular formula is C10H12N2O3. The van der Waals surface area contributed by atoms with E-state index in [1.54, 1.807) is 0 Å². The van der Waals surface area contributed by atoms with Gasteiger partial charge in [-0.25, -0.2) is 0 Å². The smallest absolute Gasteiger partial charge is 0.272 e. The van der Waals surface area contributed by atoms with Gasteiger partial charge in [0.15, 0.2) is 0 Å². The Morgan fingerprint density at radius 2 is 2.20 bits per heavy atom. The maximum atomic E-state index is 10.6. The molecule has 1 aromatic rings. The molecule has 0 unspecified atom stereocenters. The fourth-order valence-corrected chi connectivity index (χ4v) is 1.83. The molecule has 0 aromatic heterocycles. The number of benzene rings is 1. The van der Waals surface area contributed by atoms with Crippen molar-refractivity contribution in [1.29, 1.82) is 0 Å². The van der Waals surface area contributed by atoms with Crippen LogP contribution in [0.1, 0.15) is 19.4 Å². The number of hydrogen-bond acceptors (Lipinski definition) is 4. The van der Waals surface area contributed by atoms with Gasteiger partial charge in [0.1, 0.15) is 11.4 Å². The van der Waals surface area contributed by atoms with Crippen molar-refractivity contribution >= 4 is 11.4 Å². The van der Waals surface area contributed by atoms with Gasteiger partial charge in [-0.1, -0.05) is 0 Å². The van der Waals surface area contributed by atoms with Gasteiger partial charge >= 0.3 is 0 Å². The first-order chi connectivity index (χ1) is 6.89. The Bertz CT molecular complexity index is 441. The van der Waals surface area contributed by atoms with E-state index >= 15 is 0 Å². The van der Waals surface area contributed by atoms with Crippen molar-refractivity contribution < 1.29 is 9.66 Å². The fraction of sp³-hybridized carbons (Fsp3) is 0.400. The number of nitrogen functional groups attached to an aromatic ring is 1. The van der Waals surface area contributed by atoms with Crippen LogP contribution in [-0.2, 0) is 6.42 Å². The maximum absolute atomic E-state index is 10.6. The van der Waals surface area contributed by atoms with Gasteiger partial charge in [0.05, 0.1) is 10.6 Å². The van der Waals surface area contributed by atoms with Crippen molar-refractivity contribution in [3.05, 3.63) is 27.8 Å². The van der Waals surface area contributed by atoms with Crippen LogP contribution >= 0.6 is 0 Å². The number of rotatable bonds is 1. The van der Waals surface area contributed by atoms with Crippen LogP contribution in [-0.4, -0.2) is 10.5 Å². The van der Waals surface area contributed by atoms with Crippen LogP contribution in [0.25, 0.3) is 0 Å². The van der Waals surface area contributed by atoms with E-state index in [-0.39, 0.29) is 11.3 Å². The van der Waals surface area contributed by atoms with E-state index in [1.165, 1.54) is 12.1 Å². The van der Waals surface area contributed by atoms with Gasteiger partial charge in [0, 0.05) is 24.1 Å². The third-order valence-corrected chi connectivity index (χ3v) is 2.38. The SMILES string of the molecule is CC1(C)Cc2cc([N+](=O)[O-])cc(N)c2O1. The summed E-state index contributed by atoms with van der Waals surface area (Å²) in [5.41, 5.74) is 6.54. The largest absolute Gasteiger partial charge is 0.485 e. The first-order valence-corrected chi connectivity index (χ1v) is 4.65. The average molecular weight is 208 g/mol. The van der Waals surface area contributed by atoms with Crippen LogP contribution < -0.4 is 10.5 Å². The van der Waals surface area contributed by atoms with Crippen LogP contribution in [0.4, 0.5) is 11.4 Å². The molecule has 2 rings (SSSR count). The van der Waals surface area contributed by atoms with Crippen LogP contribution in [0.15, 0.2) is 12.1 Å². The lowest BCUT2D eigenvalue weighted by molar-refractivity contribution is -0.384. The Kier molecular flexibility index (Phi) is 1.86. The van der Waals surface area contributed by atoms with Crippen LogP contribution in [0.3, 0.4) is 0 Å². The van der Waals surface area contributed by atoms with Crippen molar-refractivity contribution in [2.45, 2.75) is 25.9 Å². The highest BCUT2D eigenvalue weighted by atomic mass is 16.6. The van der Waals surface area contributed by atoms with Crippen LogP contribution in [0.2, 0.25) is 0 Å². The Balaban J connectivity index is 2.51. The molecule has 5 nitrogen and oxygen atoms in total. The predicted molar refractivity (Wildman–Crippen MR) is 55.9 cm³/mol. The lowest BCUT2D eigenvalue weighted by Gasteiger charge is -2.17. The van der Waals surface area contributed by atoms with Crippen molar-refractivity contribution in [3.8, 4) is 5.75 Å². The van der Waals surface area contributed by atoms with Crippen molar-refractivity contribution in [2.24, 2.45) is 0 Å². The number of fused-ring (bicyclic) bond motifs is 1. The summed E-state index contributed by atoms with van der Waals surface area (Å²) in [6.07, 6.45) is 0.647. The topological polar surface area (TPSA) is 78.4 Å². The molecule has 0 aliphatic carbocycles. The van der Waals surface area contributed by atoms with E-state index in [2.05, 4.69) is 0 Å². The van der Waals surface area contributed by atoms with E-state index < -0.39 is 4.92 Å². The van der Waals surface area contributed by atoms with Gasteiger partial charge in [-0.05, 0) is 13.8 Å². The number of anilines is 1. The highest BCUT2D eigenvalue weighted by Crippen LogP contribution is 2.41. The molecule has 0 amide bonds. The summed E-state index contributed by atoms with van der Waals surface area (Å²) >= 11 is 0. The molecule has 1 heterocycles. The molecule has 15 heavy (non-hydrogen) atoms. The van der Waals surface area contributed by atoms with Crippen molar-refractivity contribution in [2.75, 3.05) is 5.73 Å². The number of nitro groups is 1. The molecule has 0 bridgehead atoms. The third-order valence-electron chi connectivity index (χ3n) is 2.38. The zero-order valence-electron chi connectivity index (χ0n) is 8.61. The fourth-order valence-electron chi connectivity index (χ4n) is 1.83. The summed E-state index contributed by atoms with van der Waals surface area (Å²) in [7, 11) is 0. The Labute approximate surface area is 87.0 Å². The Morgan fingerprint density at radius 1 is 1.53 bits per heavy atom. The van der Waals surface area contributed by atoms with Crippen molar-refractivity contribution in [1.82, 2.24) is 0 Å². The second-order valence-electron chi connectivity index (χ2n) is 4.32. The molecule has 5 heteroatoms. The number of nitrogens with two attached hydrogens (primary N) is 1. The van der Waals surface area contributed by atoms with E-state index in [1.807, 2.05) is 13.8 Å². The van der Waals surface area contributed by atoms with Gasteiger partial charge in [0.25, 0.3) is 5.69 Å². The van der Waals surface area contributed by atoms with Gasteiger partial charge < -0.3 is 10.5 Å². The molecule has 1 aliphatic heterocycles. The summed E-state index contributed by atoms with van der Waals surface area (Å²) < 4.78 is 5.61. The summed E-state index contributed by atoms with van der Waals surface area (Å²) in [5.74, 6) is 0.589. The van der Waals surface area contributed by atoms with E-state index in [9.17, 15) is 10.1 Å². The average Bonchev–Trinajstić information content (AvgIpc) is 2.39. The normalized spacial score (nSPS) is 16.9. The molecule has 0 saturated carbocycles. The summed E-state index contributed by atoms with van der Waals surface area (Å²) in [5, 5.41) is 10.6. The lowest BCUT2D eigenvalue weighted by Crippen LogP contribution is -2.24. The minimum absolute atomic E-state index is 0.0209. The Morgan fingerprint density at radius 3 is 2.80 bits per heavy atom. The number of non-ortho nitro benzene ring substituents is 1. The molecule has 0 radical (unpaired) electrons. The van der Waals surface area contributed by atoms with Crippen molar-refractivity contribution in [3.63, 3.8) is 0 Å². The number of ether oxygens (including phenoxy) is 1. The van der Waals surface area contributed by atoms with Gasteiger partial charge in [0.2, 0.25) is 0 Å². The molecular weight excluding hydrogens is 196 g/mol. The standard InChI is InChI=1S/C10H12N2O3/c1-10(2)5-6-3-7(12(13)14)4-8(11)9(6)15-10/h3-4H,5,11H2,1-2H3. The molecule has 1 aromatic carbocycles. The quantitative estimate of drug-likeness (QED) is 0.434. The predicted octanol–water partition coefficient (Wildman–Crippen LogP) is 1.89. The lowest BCUT2D eigenvalue weighted by atomic mass is 10.0. The van der Waals surface area contributed by atoms with Gasteiger partial charge in [-0.15, -0.1) is 0 Å². The first kappa shape index (κ1) is 9.76. The molecule has 0 atom stereocenters. The zero-order chi connectivity index (χ0) is 11.2. The molecule has 0 fully saturated rings.